The van der Waals surface area contributed by atoms with Crippen molar-refractivity contribution in [3.05, 3.63) is 34.1 Å². The lowest BCUT2D eigenvalue weighted by Gasteiger charge is -2.10. The molecule has 0 unspecified atom stereocenters. The van der Waals surface area contributed by atoms with Crippen LogP contribution in [0.3, 0.4) is 0 Å². The zero-order chi connectivity index (χ0) is 17.7. The number of ether oxygens (including phenoxy) is 2. The van der Waals surface area contributed by atoms with Crippen molar-refractivity contribution in [3.8, 4) is 5.75 Å². The van der Waals surface area contributed by atoms with E-state index in [0.29, 0.717) is 17.6 Å². The summed E-state index contributed by atoms with van der Waals surface area (Å²) in [4.78, 5) is 11.4. The van der Waals surface area contributed by atoms with E-state index in [1.807, 2.05) is 33.0 Å². The number of hydrogen-bond donors (Lipinski definition) is 0. The van der Waals surface area contributed by atoms with Crippen LogP contribution in [0.15, 0.2) is 17.3 Å². The average molecular weight is 370 g/mol. The van der Waals surface area contributed by atoms with E-state index in [9.17, 15) is 4.79 Å². The van der Waals surface area contributed by atoms with Gasteiger partial charge < -0.3 is 14.0 Å². The second-order valence-electron chi connectivity index (χ2n) is 5.21. The minimum atomic E-state index is -0.268. The predicted octanol–water partition coefficient (Wildman–Crippen LogP) is 3.32. The number of benzene rings is 1. The molecule has 1 heterocycles. The molecule has 0 radical (unpaired) electrons. The average Bonchev–Trinajstić information content (AvgIpc) is 2.89. The highest BCUT2D eigenvalue weighted by Crippen LogP contribution is 2.26. The van der Waals surface area contributed by atoms with Gasteiger partial charge in [-0.1, -0.05) is 23.4 Å². The van der Waals surface area contributed by atoms with Gasteiger partial charge in [0.15, 0.2) is 11.0 Å². The summed E-state index contributed by atoms with van der Waals surface area (Å²) in [7, 11) is 1.84. The summed E-state index contributed by atoms with van der Waals surface area (Å²) >= 11 is 7.44. The van der Waals surface area contributed by atoms with Gasteiger partial charge in [0.05, 0.1) is 12.4 Å². The largest absolute Gasteiger partial charge is 0.486 e. The fourth-order valence-electron chi connectivity index (χ4n) is 2.06. The highest BCUT2D eigenvalue weighted by atomic mass is 35.5. The first-order valence-electron chi connectivity index (χ1n) is 7.48. The Hall–Kier alpha value is -1.73. The first-order valence-corrected chi connectivity index (χ1v) is 8.85. The van der Waals surface area contributed by atoms with Crippen LogP contribution in [-0.2, 0) is 23.2 Å². The molecule has 0 bridgehead atoms. The topological polar surface area (TPSA) is 66.2 Å². The van der Waals surface area contributed by atoms with E-state index in [1.165, 1.54) is 11.8 Å². The minimum absolute atomic E-state index is 0.205. The van der Waals surface area contributed by atoms with Crippen LogP contribution < -0.4 is 4.74 Å². The van der Waals surface area contributed by atoms with Crippen molar-refractivity contribution in [2.75, 3.05) is 12.4 Å². The summed E-state index contributed by atoms with van der Waals surface area (Å²) in [5.74, 6) is 1.34. The maximum Gasteiger partial charge on any atom is 0.316 e. The molecule has 2 aromatic rings. The van der Waals surface area contributed by atoms with E-state index in [0.717, 1.165) is 21.9 Å². The summed E-state index contributed by atoms with van der Waals surface area (Å²) in [6.45, 7) is 6.31. The summed E-state index contributed by atoms with van der Waals surface area (Å²) < 4.78 is 12.5. The highest BCUT2D eigenvalue weighted by molar-refractivity contribution is 7.99. The van der Waals surface area contributed by atoms with Gasteiger partial charge in [-0.05, 0) is 44.0 Å². The van der Waals surface area contributed by atoms with Crippen LogP contribution in [0.4, 0.5) is 0 Å². The van der Waals surface area contributed by atoms with Crippen LogP contribution in [0.2, 0.25) is 5.02 Å². The third-order valence-electron chi connectivity index (χ3n) is 3.33. The van der Waals surface area contributed by atoms with Gasteiger partial charge in [0.25, 0.3) is 0 Å². The molecule has 0 saturated carbocycles. The van der Waals surface area contributed by atoms with Gasteiger partial charge in [0, 0.05) is 12.1 Å². The Bertz CT molecular complexity index is 710. The van der Waals surface area contributed by atoms with E-state index in [2.05, 4.69) is 10.2 Å². The first kappa shape index (κ1) is 18.6. The summed E-state index contributed by atoms with van der Waals surface area (Å²) in [5, 5.41) is 9.57. The SMILES string of the molecule is CCOC(=O)CSc1nnc(COc2cc(C)c(Cl)c(C)c2)n1C. The van der Waals surface area contributed by atoms with Crippen molar-refractivity contribution in [2.45, 2.75) is 32.5 Å². The number of thioether (sulfide) groups is 1. The van der Waals surface area contributed by atoms with Gasteiger partial charge in [0.2, 0.25) is 0 Å². The number of esters is 1. The minimum Gasteiger partial charge on any atom is -0.486 e. The Kier molecular flexibility index (Phi) is 6.51. The molecule has 0 amide bonds. The van der Waals surface area contributed by atoms with Crippen molar-refractivity contribution >= 4 is 29.3 Å². The Morgan fingerprint density at radius 1 is 1.29 bits per heavy atom. The number of carbonyl (C=O) groups excluding carboxylic acids is 1. The second kappa shape index (κ2) is 8.39. The van der Waals surface area contributed by atoms with Crippen molar-refractivity contribution in [1.29, 1.82) is 0 Å². The van der Waals surface area contributed by atoms with Gasteiger partial charge in [-0.3, -0.25) is 4.79 Å². The number of rotatable bonds is 7. The molecule has 0 atom stereocenters. The number of halogens is 1. The van der Waals surface area contributed by atoms with Gasteiger partial charge in [-0.2, -0.15) is 0 Å². The van der Waals surface area contributed by atoms with Crippen LogP contribution in [0.1, 0.15) is 23.9 Å². The number of aryl methyl sites for hydroxylation is 2. The predicted molar refractivity (Wildman–Crippen MR) is 93.6 cm³/mol. The Labute approximate surface area is 150 Å². The second-order valence-corrected chi connectivity index (χ2v) is 6.53. The molecule has 0 fully saturated rings. The van der Waals surface area contributed by atoms with Gasteiger partial charge >= 0.3 is 5.97 Å². The molecule has 6 nitrogen and oxygen atoms in total. The quantitative estimate of drug-likeness (QED) is 0.551. The molecule has 8 heteroatoms. The van der Waals surface area contributed by atoms with Crippen LogP contribution in [0.5, 0.6) is 5.75 Å². The lowest BCUT2D eigenvalue weighted by atomic mass is 10.1. The number of hydrogen-bond acceptors (Lipinski definition) is 6. The molecule has 24 heavy (non-hydrogen) atoms. The van der Waals surface area contributed by atoms with Crippen molar-refractivity contribution in [3.63, 3.8) is 0 Å². The monoisotopic (exact) mass is 369 g/mol. The third kappa shape index (κ3) is 4.64. The maximum absolute atomic E-state index is 11.4. The summed E-state index contributed by atoms with van der Waals surface area (Å²) in [6.07, 6.45) is 0. The summed E-state index contributed by atoms with van der Waals surface area (Å²) in [6, 6.07) is 3.78. The van der Waals surface area contributed by atoms with E-state index in [1.54, 1.807) is 11.5 Å². The number of carbonyl (C=O) groups is 1. The molecule has 0 N–H and O–H groups in total. The molecule has 0 aliphatic heterocycles. The zero-order valence-electron chi connectivity index (χ0n) is 14.1. The van der Waals surface area contributed by atoms with Crippen molar-refractivity contribution in [2.24, 2.45) is 7.05 Å². The maximum atomic E-state index is 11.4. The first-order chi connectivity index (χ1) is 11.4. The van der Waals surface area contributed by atoms with Gasteiger partial charge in [0.1, 0.15) is 12.4 Å². The van der Waals surface area contributed by atoms with Gasteiger partial charge in [-0.15, -0.1) is 10.2 Å². The van der Waals surface area contributed by atoms with Crippen molar-refractivity contribution < 1.29 is 14.3 Å². The Morgan fingerprint density at radius 3 is 2.58 bits per heavy atom. The number of aromatic nitrogens is 3. The molecule has 1 aromatic heterocycles. The van der Waals surface area contributed by atoms with Crippen LogP contribution in [0.25, 0.3) is 0 Å². The lowest BCUT2D eigenvalue weighted by Crippen LogP contribution is -2.08. The van der Waals surface area contributed by atoms with E-state index < -0.39 is 0 Å². The molecule has 0 spiro atoms. The smallest absolute Gasteiger partial charge is 0.316 e. The molecular formula is C16H20ClN3O3S. The molecule has 2 rings (SSSR count). The van der Waals surface area contributed by atoms with Crippen molar-refractivity contribution in [1.82, 2.24) is 14.8 Å². The van der Waals surface area contributed by atoms with Crippen LogP contribution >= 0.6 is 23.4 Å². The molecule has 1 aromatic carbocycles. The lowest BCUT2D eigenvalue weighted by molar-refractivity contribution is -0.139. The Morgan fingerprint density at radius 2 is 1.96 bits per heavy atom. The number of nitrogens with zero attached hydrogens (tertiary/aromatic N) is 3. The molecule has 0 aliphatic rings. The molecule has 0 aliphatic carbocycles. The normalized spacial score (nSPS) is 10.7. The zero-order valence-corrected chi connectivity index (χ0v) is 15.7. The summed E-state index contributed by atoms with van der Waals surface area (Å²) in [5.41, 5.74) is 1.94. The van der Waals surface area contributed by atoms with E-state index >= 15 is 0 Å². The molecule has 0 saturated heterocycles. The molecule has 130 valence electrons. The Balaban J connectivity index is 1.98. The van der Waals surface area contributed by atoms with E-state index in [4.69, 9.17) is 21.1 Å². The standard InChI is InChI=1S/C16H20ClN3O3S/c1-5-22-14(21)9-24-16-19-18-13(20(16)4)8-23-12-6-10(2)15(17)11(3)7-12/h6-7H,5,8-9H2,1-4H3. The van der Waals surface area contributed by atoms with E-state index in [-0.39, 0.29) is 18.3 Å². The third-order valence-corrected chi connectivity index (χ3v) is 4.92. The van der Waals surface area contributed by atoms with Crippen LogP contribution in [0, 0.1) is 13.8 Å². The molecular weight excluding hydrogens is 350 g/mol. The highest BCUT2D eigenvalue weighted by Gasteiger charge is 2.13. The fourth-order valence-corrected chi connectivity index (χ4v) is 2.90. The van der Waals surface area contributed by atoms with Crippen LogP contribution in [-0.4, -0.2) is 33.1 Å². The van der Waals surface area contributed by atoms with Gasteiger partial charge in [-0.25, -0.2) is 0 Å². The fraction of sp³-hybridized carbons (Fsp3) is 0.438.